The molecule has 0 radical (unpaired) electrons. The molecule has 0 spiro atoms. The second-order valence-electron chi connectivity index (χ2n) is 12.5. The molecule has 8 heteroatoms. The van der Waals surface area contributed by atoms with Crippen LogP contribution in [0, 0.1) is 23.2 Å². The maximum atomic E-state index is 13.9. The van der Waals surface area contributed by atoms with E-state index >= 15 is 0 Å². The number of hydrogen-bond donors (Lipinski definition) is 2. The molecule has 4 aliphatic carbocycles. The summed E-state index contributed by atoms with van der Waals surface area (Å²) in [6, 6.07) is 14.7. The molecule has 2 aromatic carbocycles. The number of amides is 1. The minimum Gasteiger partial charge on any atom is -0.368 e. The van der Waals surface area contributed by atoms with Crippen molar-refractivity contribution in [3.05, 3.63) is 54.1 Å². The van der Waals surface area contributed by atoms with E-state index in [2.05, 4.69) is 26.8 Å². The van der Waals surface area contributed by atoms with E-state index in [0.717, 1.165) is 57.5 Å². The van der Waals surface area contributed by atoms with Gasteiger partial charge in [0.1, 0.15) is 4.90 Å². The fourth-order valence-electron chi connectivity index (χ4n) is 8.13. The summed E-state index contributed by atoms with van der Waals surface area (Å²) in [5, 5.41) is 3.18. The average Bonchev–Trinajstić information content (AvgIpc) is 2.92. The van der Waals surface area contributed by atoms with Crippen LogP contribution in [0.15, 0.2) is 53.4 Å². The van der Waals surface area contributed by atoms with Gasteiger partial charge in [0.15, 0.2) is 0 Å². The number of anilines is 2. The molecule has 2 N–H and O–H groups in total. The summed E-state index contributed by atoms with van der Waals surface area (Å²) in [7, 11) is -3.87. The second-order valence-corrected chi connectivity index (χ2v) is 14.2. The van der Waals surface area contributed by atoms with E-state index in [9.17, 15) is 13.2 Å². The van der Waals surface area contributed by atoms with Crippen molar-refractivity contribution in [1.82, 2.24) is 9.62 Å². The smallest absolute Gasteiger partial charge is 0.243 e. The second kappa shape index (κ2) is 10.5. The number of piperazine rings is 1. The van der Waals surface area contributed by atoms with Crippen molar-refractivity contribution in [2.24, 2.45) is 23.2 Å². The normalized spacial score (nSPS) is 29.4. The van der Waals surface area contributed by atoms with Crippen molar-refractivity contribution in [3.8, 4) is 0 Å². The van der Waals surface area contributed by atoms with Crippen LogP contribution in [0.2, 0.25) is 0 Å². The number of likely N-dealkylation sites (N-methyl/N-ethyl adjacent to an activating group) is 1. The molecule has 5 fully saturated rings. The van der Waals surface area contributed by atoms with Gasteiger partial charge in [-0.1, -0.05) is 37.3 Å². The van der Waals surface area contributed by atoms with Gasteiger partial charge in [-0.05, 0) is 93.5 Å². The molecule has 1 amide bonds. The molecular formula is C31H42N4O3S. The highest BCUT2D eigenvalue weighted by Crippen LogP contribution is 2.60. The summed E-state index contributed by atoms with van der Waals surface area (Å²) < 4.78 is 30.7. The van der Waals surface area contributed by atoms with Crippen molar-refractivity contribution < 1.29 is 13.2 Å². The zero-order valence-electron chi connectivity index (χ0n) is 23.2. The Labute approximate surface area is 233 Å². The Morgan fingerprint density at radius 1 is 0.949 bits per heavy atom. The fraction of sp³-hybridized carbons (Fsp3) is 0.581. The van der Waals surface area contributed by atoms with E-state index in [1.807, 2.05) is 49.4 Å². The highest BCUT2D eigenvalue weighted by Gasteiger charge is 2.54. The molecule has 1 aliphatic heterocycles. The third-order valence-electron chi connectivity index (χ3n) is 9.82. The van der Waals surface area contributed by atoms with Crippen LogP contribution in [-0.2, 0) is 14.8 Å². The Bertz CT molecular complexity index is 1270. The average molecular weight is 551 g/mol. The number of nitrogens with one attached hydrogen (secondary N) is 2. The SMILES string of the molecule is CCN1CCN(c2ccc(NC(=O)C34CC5CC(CC(C5)C3)C4)cc2S(=O)(=O)N[C@@H](C)c2ccccc2)CC1. The van der Waals surface area contributed by atoms with Gasteiger partial charge in [0.05, 0.1) is 11.1 Å². The molecule has 5 aliphatic rings. The van der Waals surface area contributed by atoms with Crippen LogP contribution in [0.25, 0.3) is 0 Å². The first kappa shape index (κ1) is 26.8. The summed E-state index contributed by atoms with van der Waals surface area (Å²) in [6.07, 6.45) is 6.77. The Morgan fingerprint density at radius 2 is 1.56 bits per heavy atom. The van der Waals surface area contributed by atoms with Gasteiger partial charge in [-0.2, -0.15) is 0 Å². The minimum atomic E-state index is -3.87. The van der Waals surface area contributed by atoms with E-state index < -0.39 is 10.0 Å². The van der Waals surface area contributed by atoms with Crippen LogP contribution in [0.4, 0.5) is 11.4 Å². The van der Waals surface area contributed by atoms with E-state index in [1.54, 1.807) is 6.07 Å². The molecule has 0 unspecified atom stereocenters. The molecule has 210 valence electrons. The molecule has 39 heavy (non-hydrogen) atoms. The largest absolute Gasteiger partial charge is 0.368 e. The highest BCUT2D eigenvalue weighted by atomic mass is 32.2. The molecule has 4 bridgehead atoms. The fourth-order valence-corrected chi connectivity index (χ4v) is 9.61. The Morgan fingerprint density at radius 3 is 2.15 bits per heavy atom. The van der Waals surface area contributed by atoms with E-state index in [4.69, 9.17) is 0 Å². The molecule has 0 aromatic heterocycles. The van der Waals surface area contributed by atoms with Crippen molar-refractivity contribution in [1.29, 1.82) is 0 Å². The number of benzene rings is 2. The van der Waals surface area contributed by atoms with E-state index in [0.29, 0.717) is 29.1 Å². The van der Waals surface area contributed by atoms with Crippen molar-refractivity contribution in [3.63, 3.8) is 0 Å². The Balaban J connectivity index is 1.28. The van der Waals surface area contributed by atoms with Crippen LogP contribution >= 0.6 is 0 Å². The van der Waals surface area contributed by atoms with Crippen LogP contribution in [-0.4, -0.2) is 51.9 Å². The van der Waals surface area contributed by atoms with Crippen molar-refractivity contribution in [2.75, 3.05) is 42.9 Å². The van der Waals surface area contributed by atoms with Gasteiger partial charge in [-0.15, -0.1) is 0 Å². The summed E-state index contributed by atoms with van der Waals surface area (Å²) in [6.45, 7) is 8.34. The Hall–Kier alpha value is -2.42. The number of hydrogen-bond acceptors (Lipinski definition) is 5. The van der Waals surface area contributed by atoms with Gasteiger partial charge in [0.25, 0.3) is 0 Å². The number of nitrogens with zero attached hydrogens (tertiary/aromatic N) is 2. The first-order valence-corrected chi connectivity index (χ1v) is 16.2. The molecule has 1 saturated heterocycles. The maximum Gasteiger partial charge on any atom is 0.243 e. The summed E-state index contributed by atoms with van der Waals surface area (Å²) >= 11 is 0. The third kappa shape index (κ3) is 5.35. The molecule has 4 saturated carbocycles. The molecule has 2 aromatic rings. The van der Waals surface area contributed by atoms with Gasteiger partial charge in [-0.3, -0.25) is 4.79 Å². The Kier molecular flexibility index (Phi) is 7.23. The van der Waals surface area contributed by atoms with Crippen LogP contribution in [0.5, 0.6) is 0 Å². The lowest BCUT2D eigenvalue weighted by Crippen LogP contribution is -2.51. The van der Waals surface area contributed by atoms with E-state index in [-0.39, 0.29) is 22.3 Å². The first-order chi connectivity index (χ1) is 18.7. The maximum absolute atomic E-state index is 13.9. The van der Waals surface area contributed by atoms with Crippen molar-refractivity contribution >= 4 is 27.3 Å². The predicted octanol–water partition coefficient (Wildman–Crippen LogP) is 5.02. The summed E-state index contributed by atoms with van der Waals surface area (Å²) in [4.78, 5) is 18.5. The summed E-state index contributed by atoms with van der Waals surface area (Å²) in [5.74, 6) is 2.10. The third-order valence-corrected chi connectivity index (χ3v) is 11.4. The predicted molar refractivity (Wildman–Crippen MR) is 155 cm³/mol. The monoisotopic (exact) mass is 550 g/mol. The molecule has 7 rings (SSSR count). The van der Waals surface area contributed by atoms with Crippen LogP contribution in [0.1, 0.15) is 64.0 Å². The zero-order chi connectivity index (χ0) is 27.2. The first-order valence-electron chi connectivity index (χ1n) is 14.7. The molecule has 1 heterocycles. The number of carbonyl (C=O) groups excluding carboxylic acids is 1. The van der Waals surface area contributed by atoms with E-state index in [1.165, 1.54) is 19.3 Å². The lowest BCUT2D eigenvalue weighted by molar-refractivity contribution is -0.140. The molecule has 1 atom stereocenters. The lowest BCUT2D eigenvalue weighted by Gasteiger charge is -2.55. The van der Waals surface area contributed by atoms with Crippen LogP contribution < -0.4 is 14.9 Å². The number of rotatable bonds is 8. The zero-order valence-corrected chi connectivity index (χ0v) is 24.1. The van der Waals surface area contributed by atoms with Gasteiger partial charge >= 0.3 is 0 Å². The van der Waals surface area contributed by atoms with Crippen LogP contribution in [0.3, 0.4) is 0 Å². The quantitative estimate of drug-likeness (QED) is 0.482. The van der Waals surface area contributed by atoms with Crippen molar-refractivity contribution in [2.45, 2.75) is 63.3 Å². The molecular weight excluding hydrogens is 508 g/mol. The highest BCUT2D eigenvalue weighted by molar-refractivity contribution is 7.89. The van der Waals surface area contributed by atoms with Gasteiger partial charge in [0, 0.05) is 37.9 Å². The lowest BCUT2D eigenvalue weighted by atomic mass is 9.49. The number of sulfonamides is 1. The van der Waals surface area contributed by atoms with Gasteiger partial charge < -0.3 is 15.1 Å². The topological polar surface area (TPSA) is 81.8 Å². The standard InChI is InChI=1S/C31H42N4O3S/c1-3-34-11-13-35(14-12-34)28-10-9-27(18-29(28)39(37,38)33-22(2)26-7-5-4-6-8-26)32-30(36)31-19-23-15-24(20-31)17-25(16-23)21-31/h4-10,18,22-25,33H,3,11-17,19-21H2,1-2H3,(H,32,36)/t22-,23?,24?,25?,31?/m0/s1. The number of carbonyl (C=O) groups is 1. The summed E-state index contributed by atoms with van der Waals surface area (Å²) in [5.41, 5.74) is 1.89. The van der Waals surface area contributed by atoms with Gasteiger partial charge in [-0.25, -0.2) is 13.1 Å². The minimum absolute atomic E-state index is 0.0832. The van der Waals surface area contributed by atoms with Gasteiger partial charge in [0.2, 0.25) is 15.9 Å². The molecule has 7 nitrogen and oxygen atoms in total.